The van der Waals surface area contributed by atoms with Crippen molar-refractivity contribution in [3.8, 4) is 0 Å². The summed E-state index contributed by atoms with van der Waals surface area (Å²) in [4.78, 5) is 25.8. The molecule has 7 heteroatoms. The first-order chi connectivity index (χ1) is 13.5. The molecule has 0 spiro atoms. The van der Waals surface area contributed by atoms with E-state index < -0.39 is 0 Å². The van der Waals surface area contributed by atoms with Crippen molar-refractivity contribution in [2.75, 3.05) is 18.0 Å². The number of rotatable bonds is 4. The lowest BCUT2D eigenvalue weighted by molar-refractivity contribution is -0.150. The maximum atomic E-state index is 13.7. The molecule has 0 saturated carbocycles. The Bertz CT molecular complexity index is 1010. The number of hydrogen-bond donors (Lipinski definition) is 0. The number of piperidine rings is 1. The van der Waals surface area contributed by atoms with Crippen LogP contribution in [0, 0.1) is 25.6 Å². The number of carbonyl (C=O) groups is 1. The molecule has 3 heterocycles. The van der Waals surface area contributed by atoms with Crippen LogP contribution in [0.3, 0.4) is 0 Å². The van der Waals surface area contributed by atoms with Gasteiger partial charge in [0.15, 0.2) is 0 Å². The predicted molar refractivity (Wildman–Crippen MR) is 108 cm³/mol. The fourth-order valence-corrected chi connectivity index (χ4v) is 4.60. The van der Waals surface area contributed by atoms with Gasteiger partial charge in [0.2, 0.25) is 0 Å². The molecule has 0 radical (unpaired) electrons. The second-order valence-electron chi connectivity index (χ2n) is 7.12. The van der Waals surface area contributed by atoms with E-state index in [1.54, 1.807) is 35.9 Å². The molecule has 5 nitrogen and oxygen atoms in total. The van der Waals surface area contributed by atoms with Gasteiger partial charge in [-0.1, -0.05) is 18.2 Å². The fraction of sp³-hybridized carbons (Fsp3) is 0.381. The number of aromatic nitrogens is 2. The topological polar surface area (TPSA) is 55.3 Å². The molecule has 4 rings (SSSR count). The number of nitrogens with zero attached hydrogens (tertiary/aromatic N) is 3. The Labute approximate surface area is 167 Å². The highest BCUT2D eigenvalue weighted by Crippen LogP contribution is 2.35. The zero-order valence-corrected chi connectivity index (χ0v) is 16.8. The van der Waals surface area contributed by atoms with Crippen LogP contribution in [0.1, 0.15) is 28.8 Å². The number of fused-ring (bicyclic) bond motifs is 1. The van der Waals surface area contributed by atoms with Gasteiger partial charge in [-0.05, 0) is 38.3 Å². The van der Waals surface area contributed by atoms with Crippen molar-refractivity contribution in [3.63, 3.8) is 0 Å². The van der Waals surface area contributed by atoms with E-state index in [4.69, 9.17) is 4.74 Å². The molecule has 1 aromatic carbocycles. The third-order valence-corrected chi connectivity index (χ3v) is 6.52. The molecule has 0 aliphatic carbocycles. The number of anilines is 1. The van der Waals surface area contributed by atoms with Crippen LogP contribution in [0.4, 0.5) is 10.2 Å². The molecule has 1 aliphatic rings. The Balaban J connectivity index is 1.40. The molecule has 0 N–H and O–H groups in total. The van der Waals surface area contributed by atoms with E-state index in [1.165, 1.54) is 16.5 Å². The maximum absolute atomic E-state index is 13.7. The van der Waals surface area contributed by atoms with Crippen LogP contribution in [0.25, 0.3) is 10.2 Å². The minimum absolute atomic E-state index is 0.0222. The lowest BCUT2D eigenvalue weighted by Crippen LogP contribution is -2.37. The Hall–Kier alpha value is -2.54. The van der Waals surface area contributed by atoms with Crippen LogP contribution in [0.15, 0.2) is 30.6 Å². The van der Waals surface area contributed by atoms with E-state index in [2.05, 4.69) is 28.7 Å². The van der Waals surface area contributed by atoms with Crippen LogP contribution < -0.4 is 4.90 Å². The van der Waals surface area contributed by atoms with Crippen LogP contribution in [-0.4, -0.2) is 29.0 Å². The van der Waals surface area contributed by atoms with Crippen LogP contribution in [-0.2, 0) is 16.1 Å². The molecule has 28 heavy (non-hydrogen) atoms. The number of ether oxygens (including phenoxy) is 1. The van der Waals surface area contributed by atoms with E-state index in [0.29, 0.717) is 18.4 Å². The van der Waals surface area contributed by atoms with Gasteiger partial charge in [-0.15, -0.1) is 11.3 Å². The number of esters is 1. The normalized spacial score (nSPS) is 15.2. The summed E-state index contributed by atoms with van der Waals surface area (Å²) in [5.74, 6) is 0.188. The van der Waals surface area contributed by atoms with E-state index in [-0.39, 0.29) is 24.3 Å². The van der Waals surface area contributed by atoms with Gasteiger partial charge >= 0.3 is 5.97 Å². The first-order valence-corrected chi connectivity index (χ1v) is 10.2. The molecule has 2 aromatic heterocycles. The van der Waals surface area contributed by atoms with Crippen molar-refractivity contribution in [1.29, 1.82) is 0 Å². The highest BCUT2D eigenvalue weighted by atomic mass is 32.1. The molecule has 1 aliphatic heterocycles. The Morgan fingerprint density at radius 2 is 2.00 bits per heavy atom. The van der Waals surface area contributed by atoms with Crippen molar-refractivity contribution in [1.82, 2.24) is 9.97 Å². The van der Waals surface area contributed by atoms with Gasteiger partial charge in [0.1, 0.15) is 29.4 Å². The summed E-state index contributed by atoms with van der Waals surface area (Å²) >= 11 is 1.69. The highest BCUT2D eigenvalue weighted by Gasteiger charge is 2.28. The summed E-state index contributed by atoms with van der Waals surface area (Å²) in [6.07, 6.45) is 3.01. The van der Waals surface area contributed by atoms with Gasteiger partial charge in [-0.3, -0.25) is 4.79 Å². The lowest BCUT2D eigenvalue weighted by Gasteiger charge is -2.32. The molecule has 0 bridgehead atoms. The molecule has 1 fully saturated rings. The number of carbonyl (C=O) groups excluding carboxylic acids is 1. The van der Waals surface area contributed by atoms with Gasteiger partial charge in [-0.25, -0.2) is 14.4 Å². The first kappa shape index (κ1) is 18.8. The minimum Gasteiger partial charge on any atom is -0.460 e. The van der Waals surface area contributed by atoms with Gasteiger partial charge < -0.3 is 9.64 Å². The molecule has 1 saturated heterocycles. The molecule has 0 amide bonds. The summed E-state index contributed by atoms with van der Waals surface area (Å²) in [5.41, 5.74) is 1.63. The first-order valence-electron chi connectivity index (χ1n) is 9.40. The van der Waals surface area contributed by atoms with Crippen molar-refractivity contribution in [2.45, 2.75) is 33.3 Å². The third-order valence-electron chi connectivity index (χ3n) is 5.40. The van der Waals surface area contributed by atoms with E-state index in [1.807, 2.05) is 0 Å². The van der Waals surface area contributed by atoms with E-state index >= 15 is 0 Å². The summed E-state index contributed by atoms with van der Waals surface area (Å²) in [6.45, 7) is 5.66. The molecule has 146 valence electrons. The van der Waals surface area contributed by atoms with Gasteiger partial charge in [0.05, 0.1) is 11.3 Å². The standard InChI is InChI=1S/C21H22FN3O2S/c1-13-14(2)28-20-18(13)19(23-12-24-20)25-9-7-15(8-10-25)21(26)27-11-16-5-3-4-6-17(16)22/h3-6,12,15H,7-11H2,1-2H3. The minimum atomic E-state index is -0.348. The fourth-order valence-electron chi connectivity index (χ4n) is 3.61. The lowest BCUT2D eigenvalue weighted by atomic mass is 9.96. The van der Waals surface area contributed by atoms with Crippen molar-refractivity contribution < 1.29 is 13.9 Å². The monoisotopic (exact) mass is 399 g/mol. The SMILES string of the molecule is Cc1sc2ncnc(N3CCC(C(=O)OCc4ccccc4F)CC3)c2c1C. The zero-order valence-electron chi connectivity index (χ0n) is 15.9. The third kappa shape index (κ3) is 3.58. The van der Waals surface area contributed by atoms with Crippen LogP contribution >= 0.6 is 11.3 Å². The van der Waals surface area contributed by atoms with Crippen LogP contribution in [0.5, 0.6) is 0 Å². The highest BCUT2D eigenvalue weighted by molar-refractivity contribution is 7.18. The largest absolute Gasteiger partial charge is 0.460 e. The number of hydrogen-bond acceptors (Lipinski definition) is 6. The average molecular weight is 399 g/mol. The van der Waals surface area contributed by atoms with Crippen molar-refractivity contribution >= 4 is 33.3 Å². The summed E-state index contributed by atoms with van der Waals surface area (Å²) in [5, 5.41) is 1.12. The predicted octanol–water partition coefficient (Wildman–Crippen LogP) is 4.41. The molecule has 0 atom stereocenters. The Morgan fingerprint density at radius 3 is 2.75 bits per heavy atom. The van der Waals surface area contributed by atoms with E-state index in [9.17, 15) is 9.18 Å². The van der Waals surface area contributed by atoms with Crippen molar-refractivity contribution in [2.24, 2.45) is 5.92 Å². The molecule has 0 unspecified atom stereocenters. The smallest absolute Gasteiger partial charge is 0.309 e. The quantitative estimate of drug-likeness (QED) is 0.609. The molecule has 3 aromatic rings. The zero-order chi connectivity index (χ0) is 19.7. The number of halogens is 1. The van der Waals surface area contributed by atoms with Gasteiger partial charge in [0.25, 0.3) is 0 Å². The van der Waals surface area contributed by atoms with Crippen LogP contribution in [0.2, 0.25) is 0 Å². The van der Waals surface area contributed by atoms with Gasteiger partial charge in [0, 0.05) is 23.5 Å². The maximum Gasteiger partial charge on any atom is 0.309 e. The van der Waals surface area contributed by atoms with E-state index in [0.717, 1.165) is 29.1 Å². The molecular weight excluding hydrogens is 377 g/mol. The Kier molecular flexibility index (Phi) is 5.26. The number of aryl methyl sites for hydroxylation is 2. The second-order valence-corrected chi connectivity index (χ2v) is 8.32. The second kappa shape index (κ2) is 7.83. The number of benzene rings is 1. The Morgan fingerprint density at radius 1 is 1.25 bits per heavy atom. The van der Waals surface area contributed by atoms with Crippen molar-refractivity contribution in [3.05, 3.63) is 52.4 Å². The summed E-state index contributed by atoms with van der Waals surface area (Å²) in [6, 6.07) is 6.37. The molecular formula is C21H22FN3O2S. The average Bonchev–Trinajstić information content (AvgIpc) is 3.01. The number of thiophene rings is 1. The summed E-state index contributed by atoms with van der Waals surface area (Å²) in [7, 11) is 0. The summed E-state index contributed by atoms with van der Waals surface area (Å²) < 4.78 is 19.0. The van der Waals surface area contributed by atoms with Gasteiger partial charge in [-0.2, -0.15) is 0 Å².